The molecule has 0 saturated carbocycles. The smallest absolute Gasteiger partial charge is 0.499 e. The maximum Gasteiger partial charge on any atom is 1.00 e. The molecule has 0 radical (unpaired) electrons. The minimum Gasteiger partial charge on any atom is -0.499 e. The Bertz CT molecular complexity index is 577. The van der Waals surface area contributed by atoms with Gasteiger partial charge in [-0.1, -0.05) is 19.2 Å². The third-order valence-corrected chi connectivity index (χ3v) is 2.82. The maximum atomic E-state index is 9.51. The standard InChI is InChI=1S/C13H11BNO3.Rb/c1-9-2-5-13(15-7-9)18-11-3-4-12-10(6-11)8-17-14(12)16;/h2-6,16H,8H2,1H3;/q-1;+1. The molecule has 6 heteroatoms. The first kappa shape index (κ1) is 15.4. The number of benzene rings is 1. The summed E-state index contributed by atoms with van der Waals surface area (Å²) in [5.74, 6) is 1.18. The van der Waals surface area contributed by atoms with Gasteiger partial charge in [0, 0.05) is 0 Å². The van der Waals surface area contributed by atoms with E-state index < -0.39 is 7.12 Å². The fourth-order valence-corrected chi connectivity index (χ4v) is 1.86. The molecular weight excluding hydrogens is 314 g/mol. The largest absolute Gasteiger partial charge is 1.00 e. The third-order valence-electron chi connectivity index (χ3n) is 2.82. The van der Waals surface area contributed by atoms with Crippen molar-refractivity contribution in [2.75, 3.05) is 0 Å². The van der Waals surface area contributed by atoms with Gasteiger partial charge in [-0.15, -0.1) is 11.6 Å². The first-order chi connectivity index (χ1) is 8.72. The van der Waals surface area contributed by atoms with E-state index in [0.717, 1.165) is 16.6 Å². The van der Waals surface area contributed by atoms with Crippen LogP contribution in [0, 0.1) is 13.1 Å². The van der Waals surface area contributed by atoms with Crippen molar-refractivity contribution < 1.29 is 72.6 Å². The predicted octanol–water partition coefficient (Wildman–Crippen LogP) is -1.80. The normalized spacial score (nSPS) is 12.8. The molecule has 0 fully saturated rings. The minimum atomic E-state index is -0.820. The molecule has 0 bridgehead atoms. The van der Waals surface area contributed by atoms with Gasteiger partial charge < -0.3 is 19.4 Å². The van der Waals surface area contributed by atoms with E-state index in [1.54, 1.807) is 18.2 Å². The Balaban J connectivity index is 0.00000133. The number of ether oxygens (including phenoxy) is 1. The van der Waals surface area contributed by atoms with E-state index in [1.807, 2.05) is 19.1 Å². The molecule has 1 aliphatic heterocycles. The van der Waals surface area contributed by atoms with Gasteiger partial charge in [0.05, 0.1) is 6.61 Å². The van der Waals surface area contributed by atoms with E-state index >= 15 is 0 Å². The van der Waals surface area contributed by atoms with Gasteiger partial charge in [-0.3, -0.25) is 0 Å². The monoisotopic (exact) mass is 325 g/mol. The molecule has 19 heavy (non-hydrogen) atoms. The Labute approximate surface area is 161 Å². The van der Waals surface area contributed by atoms with Crippen molar-refractivity contribution in [1.29, 1.82) is 0 Å². The molecule has 0 amide bonds. The van der Waals surface area contributed by atoms with Crippen molar-refractivity contribution in [1.82, 2.24) is 4.98 Å². The minimum absolute atomic E-state index is 0. The van der Waals surface area contributed by atoms with Crippen LogP contribution in [0.4, 0.5) is 0 Å². The number of nitrogens with zero attached hydrogens (tertiary/aromatic N) is 1. The van der Waals surface area contributed by atoms with Gasteiger partial charge in [-0.2, -0.15) is 6.07 Å². The SMILES string of the molecule is Cc1[c-]nc(Oc2ccc3c(c2)COB3O)cc1.[Rb+]. The van der Waals surface area contributed by atoms with Crippen LogP contribution in [-0.4, -0.2) is 17.1 Å². The van der Waals surface area contributed by atoms with Crippen LogP contribution >= 0.6 is 0 Å². The number of aromatic nitrogens is 1. The molecule has 1 aromatic heterocycles. The Hall–Kier alpha value is -0.0399. The second-order valence-electron chi connectivity index (χ2n) is 4.20. The van der Waals surface area contributed by atoms with Gasteiger partial charge in [0.15, 0.2) is 0 Å². The fraction of sp³-hybridized carbons (Fsp3) is 0.154. The fourth-order valence-electron chi connectivity index (χ4n) is 1.86. The Morgan fingerprint density at radius 1 is 1.37 bits per heavy atom. The third kappa shape index (κ3) is 3.54. The summed E-state index contributed by atoms with van der Waals surface area (Å²) in [5.41, 5.74) is 2.70. The van der Waals surface area contributed by atoms with E-state index in [9.17, 15) is 5.02 Å². The maximum absolute atomic E-state index is 9.51. The molecule has 2 aromatic rings. The summed E-state index contributed by atoms with van der Waals surface area (Å²) in [7, 11) is -0.820. The van der Waals surface area contributed by atoms with Crippen LogP contribution in [0.15, 0.2) is 30.3 Å². The predicted molar refractivity (Wildman–Crippen MR) is 66.7 cm³/mol. The molecule has 1 aromatic carbocycles. The van der Waals surface area contributed by atoms with Gasteiger partial charge in [0.1, 0.15) is 11.6 Å². The van der Waals surface area contributed by atoms with Crippen LogP contribution in [0.5, 0.6) is 11.6 Å². The zero-order valence-corrected chi connectivity index (χ0v) is 15.8. The summed E-state index contributed by atoms with van der Waals surface area (Å²) < 4.78 is 10.7. The molecule has 1 aliphatic rings. The van der Waals surface area contributed by atoms with Crippen LogP contribution in [-0.2, 0) is 11.3 Å². The van der Waals surface area contributed by atoms with Crippen molar-refractivity contribution >= 4 is 12.6 Å². The van der Waals surface area contributed by atoms with E-state index in [1.165, 1.54) is 0 Å². The summed E-state index contributed by atoms with van der Waals surface area (Å²) in [4.78, 5) is 4.05. The van der Waals surface area contributed by atoms with Crippen LogP contribution in [0.25, 0.3) is 0 Å². The van der Waals surface area contributed by atoms with Crippen molar-refractivity contribution in [2.24, 2.45) is 0 Å². The van der Waals surface area contributed by atoms with E-state index in [-0.39, 0.29) is 58.2 Å². The van der Waals surface area contributed by atoms with Crippen LogP contribution < -0.4 is 68.4 Å². The van der Waals surface area contributed by atoms with Crippen molar-refractivity contribution in [2.45, 2.75) is 13.5 Å². The van der Waals surface area contributed by atoms with E-state index in [0.29, 0.717) is 18.2 Å². The van der Waals surface area contributed by atoms with E-state index in [2.05, 4.69) is 11.2 Å². The molecule has 1 N–H and O–H groups in total. The van der Waals surface area contributed by atoms with Gasteiger partial charge in [-0.05, 0) is 23.2 Å². The zero-order valence-electron chi connectivity index (χ0n) is 10.9. The molecule has 90 valence electrons. The second kappa shape index (κ2) is 6.61. The topological polar surface area (TPSA) is 51.6 Å². The summed E-state index contributed by atoms with van der Waals surface area (Å²) in [6.07, 6.45) is 2.84. The average molecular weight is 326 g/mol. The van der Waals surface area contributed by atoms with Crippen molar-refractivity contribution in [3.8, 4) is 11.6 Å². The number of fused-ring (bicyclic) bond motifs is 1. The van der Waals surface area contributed by atoms with Crippen LogP contribution in [0.3, 0.4) is 0 Å². The van der Waals surface area contributed by atoms with Crippen molar-refractivity contribution in [3.05, 3.63) is 47.7 Å². The summed E-state index contributed by atoms with van der Waals surface area (Å²) in [6, 6.07) is 9.14. The molecule has 0 atom stereocenters. The zero-order chi connectivity index (χ0) is 12.5. The van der Waals surface area contributed by atoms with Gasteiger partial charge >= 0.3 is 65.3 Å². The van der Waals surface area contributed by atoms with E-state index in [4.69, 9.17) is 9.39 Å². The molecule has 0 saturated heterocycles. The van der Waals surface area contributed by atoms with Gasteiger partial charge in [0.25, 0.3) is 0 Å². The van der Waals surface area contributed by atoms with Gasteiger partial charge in [-0.25, -0.2) is 0 Å². The first-order valence-corrected chi connectivity index (χ1v) is 5.68. The quantitative estimate of drug-likeness (QED) is 0.523. The second-order valence-corrected chi connectivity index (χ2v) is 4.20. The van der Waals surface area contributed by atoms with Crippen molar-refractivity contribution in [3.63, 3.8) is 0 Å². The molecule has 0 spiro atoms. The Morgan fingerprint density at radius 3 is 2.95 bits per heavy atom. The van der Waals surface area contributed by atoms with Gasteiger partial charge in [0.2, 0.25) is 0 Å². The number of aryl methyl sites for hydroxylation is 1. The summed E-state index contributed by atoms with van der Waals surface area (Å²) >= 11 is 0. The van der Waals surface area contributed by atoms with Crippen LogP contribution in [0.1, 0.15) is 11.1 Å². The molecule has 0 aliphatic carbocycles. The van der Waals surface area contributed by atoms with Crippen LogP contribution in [0.2, 0.25) is 0 Å². The molecule has 2 heterocycles. The Morgan fingerprint density at radius 2 is 2.21 bits per heavy atom. The first-order valence-electron chi connectivity index (χ1n) is 5.68. The Kier molecular flexibility index (Phi) is 5.34. The molecule has 3 rings (SSSR count). The number of pyridine rings is 1. The molecule has 0 unspecified atom stereocenters. The number of hydrogen-bond donors (Lipinski definition) is 1. The summed E-state index contributed by atoms with van der Waals surface area (Å²) in [5, 5.41) is 9.51. The summed E-state index contributed by atoms with van der Waals surface area (Å²) in [6.45, 7) is 2.33. The average Bonchev–Trinajstić information content (AvgIpc) is 2.74. The number of rotatable bonds is 2. The number of hydrogen-bond acceptors (Lipinski definition) is 4. The molecule has 4 nitrogen and oxygen atoms in total. The molecular formula is C13H11BNO3Rb.